The Labute approximate surface area is 157 Å². The smallest absolute Gasteiger partial charge is 0.471 e. The Balaban J connectivity index is 2.40. The van der Waals surface area contributed by atoms with Crippen LogP contribution in [0.15, 0.2) is 29.3 Å². The van der Waals surface area contributed by atoms with Crippen LogP contribution in [0.5, 0.6) is 5.75 Å². The Bertz CT molecular complexity index is 604. The minimum Gasteiger partial charge on any atom is -0.497 e. The number of rotatable bonds is 10. The van der Waals surface area contributed by atoms with Crippen molar-refractivity contribution in [3.63, 3.8) is 0 Å². The average molecular weight is 388 g/mol. The molecule has 1 aromatic carbocycles. The molecule has 1 atom stereocenters. The second-order valence-electron chi connectivity index (χ2n) is 6.06. The lowest BCUT2D eigenvalue weighted by atomic mass is 10.1. The minimum atomic E-state index is -4.89. The van der Waals surface area contributed by atoms with E-state index in [4.69, 9.17) is 10.5 Å². The van der Waals surface area contributed by atoms with E-state index in [1.54, 1.807) is 7.11 Å². The van der Waals surface area contributed by atoms with E-state index in [2.05, 4.69) is 10.3 Å². The summed E-state index contributed by atoms with van der Waals surface area (Å²) in [5.74, 6) is -1.00. The van der Waals surface area contributed by atoms with E-state index in [0.29, 0.717) is 13.0 Å². The third kappa shape index (κ3) is 9.16. The molecule has 0 unspecified atom stereocenters. The summed E-state index contributed by atoms with van der Waals surface area (Å²) < 4.78 is 41.8. The van der Waals surface area contributed by atoms with Gasteiger partial charge in [0.2, 0.25) is 0 Å². The van der Waals surface area contributed by atoms with Gasteiger partial charge in [0.15, 0.2) is 5.96 Å². The van der Waals surface area contributed by atoms with Crippen LogP contribution in [-0.2, 0) is 11.2 Å². The maximum absolute atomic E-state index is 12.2. The summed E-state index contributed by atoms with van der Waals surface area (Å²) in [6, 6.07) is 7.32. The zero-order chi connectivity index (χ0) is 20.3. The van der Waals surface area contributed by atoms with Crippen molar-refractivity contribution in [2.24, 2.45) is 10.7 Å². The van der Waals surface area contributed by atoms with Crippen LogP contribution in [0.4, 0.5) is 13.2 Å². The quantitative estimate of drug-likeness (QED) is 0.326. The molecule has 0 aliphatic carbocycles. The molecule has 1 aromatic rings. The van der Waals surface area contributed by atoms with Crippen molar-refractivity contribution in [1.29, 1.82) is 0 Å². The number of benzene rings is 1. The van der Waals surface area contributed by atoms with Crippen molar-refractivity contribution in [3.05, 3.63) is 29.8 Å². The summed E-state index contributed by atoms with van der Waals surface area (Å²) in [7, 11) is 1.61. The number of carbonyl (C=O) groups excluding carboxylic acids is 1. The van der Waals surface area contributed by atoms with Crippen LogP contribution in [0.1, 0.15) is 31.7 Å². The maximum Gasteiger partial charge on any atom is 0.471 e. The molecule has 0 aliphatic heterocycles. The van der Waals surface area contributed by atoms with Crippen LogP contribution in [0.25, 0.3) is 0 Å². The molecular weight excluding hydrogens is 361 g/mol. The fourth-order valence-electron chi connectivity index (χ4n) is 2.42. The maximum atomic E-state index is 12.2. The first-order valence-corrected chi connectivity index (χ1v) is 8.80. The van der Waals surface area contributed by atoms with Gasteiger partial charge in [-0.15, -0.1) is 0 Å². The Morgan fingerprint density at radius 1 is 1.30 bits per heavy atom. The van der Waals surface area contributed by atoms with Crippen LogP contribution < -0.4 is 21.1 Å². The first-order valence-electron chi connectivity index (χ1n) is 8.80. The molecule has 0 heterocycles. The third-order valence-electron chi connectivity index (χ3n) is 3.82. The van der Waals surface area contributed by atoms with Gasteiger partial charge in [-0.05, 0) is 37.0 Å². The summed E-state index contributed by atoms with van der Waals surface area (Å²) in [5, 5.41) is 4.73. The van der Waals surface area contributed by atoms with Gasteiger partial charge in [0, 0.05) is 19.1 Å². The molecule has 4 N–H and O–H groups in total. The van der Waals surface area contributed by atoms with Crippen LogP contribution >= 0.6 is 0 Å². The number of hydrogen-bond acceptors (Lipinski definition) is 3. The van der Waals surface area contributed by atoms with E-state index in [1.807, 2.05) is 36.5 Å². The number of halogens is 3. The lowest BCUT2D eigenvalue weighted by Crippen LogP contribution is -2.48. The molecular formula is C18H27F3N4O2. The number of aryl methyl sites for hydroxylation is 1. The molecule has 0 fully saturated rings. The molecule has 0 spiro atoms. The lowest BCUT2D eigenvalue weighted by Gasteiger charge is -2.19. The molecule has 1 rings (SSSR count). The third-order valence-corrected chi connectivity index (χ3v) is 3.82. The number of nitrogens with zero attached hydrogens (tertiary/aromatic N) is 1. The number of amides is 1. The standard InChI is InChI=1S/C18H27F3N4O2/c1-3-5-14(12-24-16(26)18(19,20)21)25-17(22)23-11-4-6-13-7-9-15(27-2)10-8-13/h7-10,14H,3-6,11-12H2,1-2H3,(H,24,26)(H3,22,23,25)/t14-/m1/s1. The van der Waals surface area contributed by atoms with Gasteiger partial charge in [-0.25, -0.2) is 0 Å². The molecule has 0 aliphatic rings. The molecule has 0 aromatic heterocycles. The predicted octanol–water partition coefficient (Wildman–Crippen LogP) is 2.38. The van der Waals surface area contributed by atoms with E-state index < -0.39 is 18.1 Å². The largest absolute Gasteiger partial charge is 0.497 e. The fourth-order valence-corrected chi connectivity index (χ4v) is 2.42. The molecule has 0 radical (unpaired) electrons. The second kappa shape index (κ2) is 11.3. The molecule has 0 bridgehead atoms. The van der Waals surface area contributed by atoms with Crippen molar-refractivity contribution in [1.82, 2.24) is 10.6 Å². The second-order valence-corrected chi connectivity index (χ2v) is 6.06. The summed E-state index contributed by atoms with van der Waals surface area (Å²) in [5.41, 5.74) is 6.95. The minimum absolute atomic E-state index is 0.157. The van der Waals surface area contributed by atoms with Crippen molar-refractivity contribution in [2.45, 2.75) is 44.8 Å². The molecule has 0 saturated heterocycles. The van der Waals surface area contributed by atoms with E-state index in [0.717, 1.165) is 30.6 Å². The number of alkyl halides is 3. The summed E-state index contributed by atoms with van der Waals surface area (Å²) in [6.07, 6.45) is -2.01. The van der Waals surface area contributed by atoms with E-state index in [-0.39, 0.29) is 12.5 Å². The van der Waals surface area contributed by atoms with Crippen LogP contribution in [0.3, 0.4) is 0 Å². The molecule has 1 amide bonds. The van der Waals surface area contributed by atoms with Crippen LogP contribution in [0, 0.1) is 0 Å². The van der Waals surface area contributed by atoms with Gasteiger partial charge in [-0.1, -0.05) is 25.5 Å². The zero-order valence-corrected chi connectivity index (χ0v) is 15.6. The summed E-state index contributed by atoms with van der Waals surface area (Å²) in [6.45, 7) is 2.20. The molecule has 0 saturated carbocycles. The SMILES string of the molecule is CCC[C@H](CNC(=O)C(F)(F)F)NC(N)=NCCCc1ccc(OC)cc1. The summed E-state index contributed by atoms with van der Waals surface area (Å²) in [4.78, 5) is 15.1. The molecule has 27 heavy (non-hydrogen) atoms. The van der Waals surface area contributed by atoms with Gasteiger partial charge in [0.25, 0.3) is 0 Å². The van der Waals surface area contributed by atoms with E-state index in [9.17, 15) is 18.0 Å². The first kappa shape index (κ1) is 22.6. The molecule has 9 heteroatoms. The van der Waals surface area contributed by atoms with Gasteiger partial charge in [0.1, 0.15) is 5.75 Å². The number of aliphatic imine (C=N–C) groups is 1. The van der Waals surface area contributed by atoms with E-state index in [1.165, 1.54) is 0 Å². The number of nitrogens with one attached hydrogen (secondary N) is 2. The van der Waals surface area contributed by atoms with Crippen molar-refractivity contribution >= 4 is 11.9 Å². The lowest BCUT2D eigenvalue weighted by molar-refractivity contribution is -0.173. The summed E-state index contributed by atoms with van der Waals surface area (Å²) >= 11 is 0. The Hall–Kier alpha value is -2.45. The Morgan fingerprint density at radius 3 is 2.52 bits per heavy atom. The first-order chi connectivity index (χ1) is 12.8. The normalized spacial score (nSPS) is 13.1. The number of ether oxygens (including phenoxy) is 1. The number of guanidine groups is 1. The number of carbonyl (C=O) groups is 1. The Morgan fingerprint density at radius 2 is 1.96 bits per heavy atom. The van der Waals surface area contributed by atoms with E-state index >= 15 is 0 Å². The fraction of sp³-hybridized carbons (Fsp3) is 0.556. The predicted molar refractivity (Wildman–Crippen MR) is 98.7 cm³/mol. The monoisotopic (exact) mass is 388 g/mol. The van der Waals surface area contributed by atoms with Gasteiger partial charge in [-0.3, -0.25) is 9.79 Å². The van der Waals surface area contributed by atoms with Gasteiger partial charge in [-0.2, -0.15) is 13.2 Å². The van der Waals surface area contributed by atoms with Gasteiger partial charge >= 0.3 is 12.1 Å². The van der Waals surface area contributed by atoms with Crippen molar-refractivity contribution in [2.75, 3.05) is 20.2 Å². The Kier molecular flexibility index (Phi) is 9.46. The highest BCUT2D eigenvalue weighted by molar-refractivity contribution is 5.82. The van der Waals surface area contributed by atoms with Gasteiger partial charge < -0.3 is 21.1 Å². The highest BCUT2D eigenvalue weighted by Gasteiger charge is 2.38. The number of methoxy groups -OCH3 is 1. The van der Waals surface area contributed by atoms with Gasteiger partial charge in [0.05, 0.1) is 7.11 Å². The van der Waals surface area contributed by atoms with Crippen LogP contribution in [-0.4, -0.2) is 44.3 Å². The number of hydrogen-bond donors (Lipinski definition) is 3. The highest BCUT2D eigenvalue weighted by Crippen LogP contribution is 2.14. The average Bonchev–Trinajstić information content (AvgIpc) is 2.63. The highest BCUT2D eigenvalue weighted by atomic mass is 19.4. The topological polar surface area (TPSA) is 88.7 Å². The van der Waals surface area contributed by atoms with Crippen molar-refractivity contribution in [3.8, 4) is 5.75 Å². The number of nitrogens with two attached hydrogens (primary N) is 1. The molecule has 152 valence electrons. The van der Waals surface area contributed by atoms with Crippen molar-refractivity contribution < 1.29 is 22.7 Å². The van der Waals surface area contributed by atoms with Crippen LogP contribution in [0.2, 0.25) is 0 Å². The molecule has 6 nitrogen and oxygen atoms in total. The zero-order valence-electron chi connectivity index (χ0n) is 15.6.